The Balaban J connectivity index is 1.99. The number of hydrogen-bond acceptors (Lipinski definition) is 5. The third-order valence-corrected chi connectivity index (χ3v) is 7.70. The number of carbonyl (C=O) groups excluding carboxylic acids is 2. The number of carbonyl (C=O) groups is 2. The topological polar surface area (TPSA) is 96.0 Å². The predicted molar refractivity (Wildman–Crippen MR) is 153 cm³/mol. The first-order valence-corrected chi connectivity index (χ1v) is 14.3. The zero-order valence-corrected chi connectivity index (χ0v) is 23.9. The van der Waals surface area contributed by atoms with Crippen LogP contribution in [-0.2, 0) is 26.2 Å². The average molecular weight is 552 g/mol. The summed E-state index contributed by atoms with van der Waals surface area (Å²) in [5, 5.41) is 2.92. The molecule has 8 nitrogen and oxygen atoms in total. The van der Waals surface area contributed by atoms with Crippen LogP contribution in [0.5, 0.6) is 5.75 Å². The molecule has 3 aromatic rings. The first kappa shape index (κ1) is 29.7. The van der Waals surface area contributed by atoms with E-state index in [1.54, 1.807) is 49.4 Å². The van der Waals surface area contributed by atoms with Crippen LogP contribution in [0.2, 0.25) is 0 Å². The van der Waals surface area contributed by atoms with Crippen molar-refractivity contribution in [2.45, 2.75) is 57.6 Å². The molecule has 1 N–H and O–H groups in total. The highest BCUT2D eigenvalue weighted by atomic mass is 32.2. The van der Waals surface area contributed by atoms with Crippen molar-refractivity contribution in [3.05, 3.63) is 90.5 Å². The molecule has 1 atom stereocenters. The summed E-state index contributed by atoms with van der Waals surface area (Å²) in [5.74, 6) is -0.285. The second kappa shape index (κ2) is 12.8. The molecule has 208 valence electrons. The van der Waals surface area contributed by atoms with Gasteiger partial charge in [0.15, 0.2) is 0 Å². The van der Waals surface area contributed by atoms with Crippen molar-refractivity contribution >= 4 is 27.5 Å². The molecule has 0 bridgehead atoms. The number of rotatable bonds is 11. The number of ether oxygens (including phenoxy) is 1. The fraction of sp³-hybridized carbons (Fsp3) is 0.333. The standard InChI is InChI=1S/C30H37N3O5S/c1-6-38-26-17-19-27(20-18-26)39(36,37)33(25-15-11-8-12-16-25)22-28(34)32(21-24-13-9-7-10-14-24)23(2)29(35)31-30(3,4)5/h7-20,23H,6,21-22H2,1-5H3,(H,31,35)/t23-/m1/s1. The van der Waals surface area contributed by atoms with Crippen LogP contribution in [0.3, 0.4) is 0 Å². The first-order chi connectivity index (χ1) is 18.4. The van der Waals surface area contributed by atoms with Gasteiger partial charge in [0, 0.05) is 12.1 Å². The van der Waals surface area contributed by atoms with Crippen molar-refractivity contribution in [2.75, 3.05) is 17.5 Å². The summed E-state index contributed by atoms with van der Waals surface area (Å²) < 4.78 is 34.2. The Morgan fingerprint density at radius 1 is 0.897 bits per heavy atom. The lowest BCUT2D eigenvalue weighted by Gasteiger charge is -2.33. The second-order valence-electron chi connectivity index (χ2n) is 10.2. The van der Waals surface area contributed by atoms with E-state index < -0.39 is 34.1 Å². The van der Waals surface area contributed by atoms with E-state index in [0.29, 0.717) is 18.0 Å². The SMILES string of the molecule is CCOc1ccc(S(=O)(=O)N(CC(=O)N(Cc2ccccc2)[C@H](C)C(=O)NC(C)(C)C)c2ccccc2)cc1. The van der Waals surface area contributed by atoms with Gasteiger partial charge in [-0.15, -0.1) is 0 Å². The number of nitrogens with zero attached hydrogens (tertiary/aromatic N) is 2. The molecular formula is C30H37N3O5S. The van der Waals surface area contributed by atoms with E-state index in [0.717, 1.165) is 9.87 Å². The van der Waals surface area contributed by atoms with Crippen LogP contribution >= 0.6 is 0 Å². The fourth-order valence-electron chi connectivity index (χ4n) is 3.96. The van der Waals surface area contributed by atoms with Gasteiger partial charge in [0.2, 0.25) is 11.8 Å². The molecule has 0 aliphatic heterocycles. The van der Waals surface area contributed by atoms with Crippen molar-refractivity contribution in [1.82, 2.24) is 10.2 Å². The lowest BCUT2D eigenvalue weighted by molar-refractivity contribution is -0.140. The second-order valence-corrected chi connectivity index (χ2v) is 12.0. The van der Waals surface area contributed by atoms with E-state index in [1.807, 2.05) is 58.0 Å². The van der Waals surface area contributed by atoms with Crippen LogP contribution in [0.4, 0.5) is 5.69 Å². The average Bonchev–Trinajstić information content (AvgIpc) is 2.90. The Morgan fingerprint density at radius 2 is 1.46 bits per heavy atom. The normalized spacial score (nSPS) is 12.3. The van der Waals surface area contributed by atoms with Gasteiger partial charge in [-0.25, -0.2) is 8.42 Å². The quantitative estimate of drug-likeness (QED) is 0.375. The van der Waals surface area contributed by atoms with Gasteiger partial charge in [-0.05, 0) is 76.6 Å². The van der Waals surface area contributed by atoms with Gasteiger partial charge < -0.3 is 15.0 Å². The van der Waals surface area contributed by atoms with Gasteiger partial charge in [-0.1, -0.05) is 48.5 Å². The maximum absolute atomic E-state index is 13.9. The molecule has 9 heteroatoms. The number of anilines is 1. The Bertz CT molecular complexity index is 1340. The maximum atomic E-state index is 13.9. The van der Waals surface area contributed by atoms with Gasteiger partial charge in [0.1, 0.15) is 18.3 Å². The van der Waals surface area contributed by atoms with Crippen molar-refractivity contribution < 1.29 is 22.7 Å². The van der Waals surface area contributed by atoms with E-state index in [9.17, 15) is 18.0 Å². The van der Waals surface area contributed by atoms with Crippen molar-refractivity contribution in [3.8, 4) is 5.75 Å². The molecule has 0 radical (unpaired) electrons. The summed E-state index contributed by atoms with van der Waals surface area (Å²) in [4.78, 5) is 28.4. The monoisotopic (exact) mass is 551 g/mol. The molecular weight excluding hydrogens is 514 g/mol. The molecule has 0 saturated heterocycles. The molecule has 3 rings (SSSR count). The maximum Gasteiger partial charge on any atom is 0.264 e. The minimum atomic E-state index is -4.13. The molecule has 0 aliphatic carbocycles. The van der Waals surface area contributed by atoms with Crippen LogP contribution in [0.15, 0.2) is 89.8 Å². The Hall–Kier alpha value is -3.85. The predicted octanol–water partition coefficient (Wildman–Crippen LogP) is 4.61. The molecule has 2 amide bonds. The van der Waals surface area contributed by atoms with Crippen LogP contribution in [0.1, 0.15) is 40.2 Å². The highest BCUT2D eigenvalue weighted by Crippen LogP contribution is 2.26. The number of nitrogens with one attached hydrogen (secondary N) is 1. The number of hydrogen-bond donors (Lipinski definition) is 1. The summed E-state index contributed by atoms with van der Waals surface area (Å²) in [5.41, 5.74) is 0.660. The third kappa shape index (κ3) is 8.07. The van der Waals surface area contributed by atoms with E-state index in [-0.39, 0.29) is 17.3 Å². The van der Waals surface area contributed by atoms with Crippen LogP contribution in [-0.4, -0.2) is 49.9 Å². The van der Waals surface area contributed by atoms with Gasteiger partial charge in [-0.2, -0.15) is 0 Å². The summed E-state index contributed by atoms with van der Waals surface area (Å²) in [6.45, 7) is 9.19. The lowest BCUT2D eigenvalue weighted by Crippen LogP contribution is -2.54. The summed E-state index contributed by atoms with van der Waals surface area (Å²) in [6, 6.07) is 23.0. The van der Waals surface area contributed by atoms with E-state index in [4.69, 9.17) is 4.74 Å². The summed E-state index contributed by atoms with van der Waals surface area (Å²) in [6.07, 6.45) is 0. The van der Waals surface area contributed by atoms with Crippen LogP contribution in [0.25, 0.3) is 0 Å². The van der Waals surface area contributed by atoms with Crippen molar-refractivity contribution in [2.24, 2.45) is 0 Å². The van der Waals surface area contributed by atoms with Gasteiger partial charge in [0.05, 0.1) is 17.2 Å². The van der Waals surface area contributed by atoms with E-state index in [1.165, 1.54) is 17.0 Å². The zero-order chi connectivity index (χ0) is 28.6. The molecule has 0 spiro atoms. The van der Waals surface area contributed by atoms with Gasteiger partial charge in [-0.3, -0.25) is 13.9 Å². The number of benzene rings is 3. The van der Waals surface area contributed by atoms with Crippen LogP contribution in [0, 0.1) is 0 Å². The fourth-order valence-corrected chi connectivity index (χ4v) is 5.38. The molecule has 0 unspecified atom stereocenters. The minimum absolute atomic E-state index is 0.0238. The molecule has 0 fully saturated rings. The molecule has 0 heterocycles. The largest absolute Gasteiger partial charge is 0.494 e. The van der Waals surface area contributed by atoms with Crippen LogP contribution < -0.4 is 14.4 Å². The van der Waals surface area contributed by atoms with Crippen molar-refractivity contribution in [1.29, 1.82) is 0 Å². The minimum Gasteiger partial charge on any atom is -0.494 e. The number of sulfonamides is 1. The highest BCUT2D eigenvalue weighted by Gasteiger charge is 2.33. The molecule has 39 heavy (non-hydrogen) atoms. The molecule has 0 aliphatic rings. The Kier molecular flexibility index (Phi) is 9.75. The molecule has 0 saturated carbocycles. The summed E-state index contributed by atoms with van der Waals surface area (Å²) >= 11 is 0. The van der Waals surface area contributed by atoms with E-state index in [2.05, 4.69) is 5.32 Å². The number of amides is 2. The van der Waals surface area contributed by atoms with E-state index >= 15 is 0 Å². The Labute approximate surface area is 231 Å². The zero-order valence-electron chi connectivity index (χ0n) is 23.1. The van der Waals surface area contributed by atoms with Crippen molar-refractivity contribution in [3.63, 3.8) is 0 Å². The first-order valence-electron chi connectivity index (χ1n) is 12.9. The third-order valence-electron chi connectivity index (χ3n) is 5.91. The number of para-hydroxylation sites is 1. The smallest absolute Gasteiger partial charge is 0.264 e. The van der Waals surface area contributed by atoms with Gasteiger partial charge in [0.25, 0.3) is 10.0 Å². The molecule has 3 aromatic carbocycles. The highest BCUT2D eigenvalue weighted by molar-refractivity contribution is 7.92. The molecule has 0 aromatic heterocycles. The van der Waals surface area contributed by atoms with Gasteiger partial charge >= 0.3 is 0 Å². The lowest BCUT2D eigenvalue weighted by atomic mass is 10.1. The Morgan fingerprint density at radius 3 is 2.00 bits per heavy atom. The summed E-state index contributed by atoms with van der Waals surface area (Å²) in [7, 11) is -4.13.